The molecule has 4 N–H and O–H groups in total. The number of carbonyl (C=O) groups is 4. The highest BCUT2D eigenvalue weighted by Gasteiger charge is 2.27. The third-order valence-electron chi connectivity index (χ3n) is 6.09. The SMILES string of the molecule is Cc1cc(C(=O)NC(Cc2ccccc2)C(=O)C(N)=O)n(-c2ccc(CNC(=O)Cc3ccccc3)cc2)n1. The number of rotatable bonds is 11. The Balaban J connectivity index is 1.45. The highest BCUT2D eigenvalue weighted by molar-refractivity contribution is 6.38. The molecule has 3 amide bonds. The molecule has 0 aliphatic rings. The summed E-state index contributed by atoms with van der Waals surface area (Å²) in [6.45, 7) is 2.10. The number of amides is 3. The number of nitrogens with one attached hydrogen (secondary N) is 2. The summed E-state index contributed by atoms with van der Waals surface area (Å²) in [5.41, 5.74) is 9.25. The minimum absolute atomic E-state index is 0.0810. The molecule has 198 valence electrons. The number of hydrogen-bond acceptors (Lipinski definition) is 5. The zero-order valence-electron chi connectivity index (χ0n) is 21.5. The number of aryl methyl sites for hydroxylation is 1. The first-order valence-corrected chi connectivity index (χ1v) is 12.4. The number of Topliss-reactive ketones (excluding diaryl/α,β-unsaturated/α-hetero) is 1. The molecule has 0 saturated heterocycles. The monoisotopic (exact) mass is 523 g/mol. The van der Waals surface area contributed by atoms with Gasteiger partial charge < -0.3 is 16.4 Å². The minimum atomic E-state index is -1.12. The smallest absolute Gasteiger partial charge is 0.287 e. The van der Waals surface area contributed by atoms with Gasteiger partial charge in [-0.25, -0.2) is 4.68 Å². The van der Waals surface area contributed by atoms with Crippen LogP contribution in [0, 0.1) is 6.92 Å². The Labute approximate surface area is 226 Å². The second-order valence-electron chi connectivity index (χ2n) is 9.13. The number of nitrogens with zero attached hydrogens (tertiary/aromatic N) is 2. The van der Waals surface area contributed by atoms with Crippen LogP contribution in [0.25, 0.3) is 5.69 Å². The molecule has 4 rings (SSSR count). The van der Waals surface area contributed by atoms with Crippen LogP contribution in [0.1, 0.15) is 32.9 Å². The van der Waals surface area contributed by atoms with Gasteiger partial charge in [0.1, 0.15) is 11.7 Å². The number of aromatic nitrogens is 2. The topological polar surface area (TPSA) is 136 Å². The second kappa shape index (κ2) is 12.5. The number of hydrogen-bond donors (Lipinski definition) is 3. The van der Waals surface area contributed by atoms with Gasteiger partial charge in [0.05, 0.1) is 17.8 Å². The number of ketones is 1. The van der Waals surface area contributed by atoms with Crippen LogP contribution in [0.15, 0.2) is 91.0 Å². The maximum atomic E-state index is 13.3. The van der Waals surface area contributed by atoms with Gasteiger partial charge in [-0.2, -0.15) is 5.10 Å². The van der Waals surface area contributed by atoms with E-state index < -0.39 is 23.6 Å². The van der Waals surface area contributed by atoms with Gasteiger partial charge in [0, 0.05) is 13.0 Å². The number of benzene rings is 3. The van der Waals surface area contributed by atoms with E-state index in [1.54, 1.807) is 49.4 Å². The summed E-state index contributed by atoms with van der Waals surface area (Å²) < 4.78 is 1.47. The molecule has 0 aliphatic carbocycles. The van der Waals surface area contributed by atoms with Gasteiger partial charge in [0.25, 0.3) is 11.8 Å². The molecular formula is C30H29N5O4. The zero-order valence-corrected chi connectivity index (χ0v) is 21.5. The van der Waals surface area contributed by atoms with E-state index in [9.17, 15) is 19.2 Å². The molecule has 0 spiro atoms. The quantitative estimate of drug-likeness (QED) is 0.260. The van der Waals surface area contributed by atoms with Crippen LogP contribution in [-0.4, -0.2) is 39.3 Å². The van der Waals surface area contributed by atoms with Crippen LogP contribution in [0.2, 0.25) is 0 Å². The van der Waals surface area contributed by atoms with Crippen molar-refractivity contribution in [3.8, 4) is 5.69 Å². The summed E-state index contributed by atoms with van der Waals surface area (Å²) >= 11 is 0. The molecule has 0 bridgehead atoms. The van der Waals surface area contributed by atoms with E-state index >= 15 is 0 Å². The van der Waals surface area contributed by atoms with Gasteiger partial charge in [-0.1, -0.05) is 72.8 Å². The molecule has 39 heavy (non-hydrogen) atoms. The molecule has 1 aromatic heterocycles. The maximum absolute atomic E-state index is 13.3. The number of nitrogens with two attached hydrogens (primary N) is 1. The van der Waals surface area contributed by atoms with E-state index in [0.29, 0.717) is 24.3 Å². The standard InChI is InChI=1S/C30H29N5O4/c1-20-16-26(30(39)33-25(28(37)29(31)38)17-21-8-4-2-5-9-21)35(34-20)24-14-12-23(13-15-24)19-32-27(36)18-22-10-6-3-7-11-22/h2-16,25H,17-19H2,1H3,(H2,31,38)(H,32,36)(H,33,39). The summed E-state index contributed by atoms with van der Waals surface area (Å²) in [6, 6.07) is 26.3. The number of primary amides is 1. The zero-order chi connectivity index (χ0) is 27.8. The third-order valence-corrected chi connectivity index (χ3v) is 6.09. The van der Waals surface area contributed by atoms with Gasteiger partial charge in [-0.05, 0) is 41.8 Å². The highest BCUT2D eigenvalue weighted by atomic mass is 16.2. The lowest BCUT2D eigenvalue weighted by Gasteiger charge is -2.17. The van der Waals surface area contributed by atoms with Crippen molar-refractivity contribution in [2.24, 2.45) is 5.73 Å². The van der Waals surface area contributed by atoms with E-state index in [1.807, 2.05) is 48.5 Å². The molecule has 0 saturated carbocycles. The molecule has 1 atom stereocenters. The first kappa shape index (κ1) is 27.0. The predicted octanol–water partition coefficient (Wildman–Crippen LogP) is 2.44. The van der Waals surface area contributed by atoms with Gasteiger partial charge in [0.2, 0.25) is 11.7 Å². The lowest BCUT2D eigenvalue weighted by molar-refractivity contribution is -0.137. The normalized spacial score (nSPS) is 11.4. The Morgan fingerprint density at radius 3 is 2.08 bits per heavy atom. The van der Waals surface area contributed by atoms with Crippen LogP contribution in [0.3, 0.4) is 0 Å². The van der Waals surface area contributed by atoms with Crippen LogP contribution in [-0.2, 0) is 33.8 Å². The van der Waals surface area contributed by atoms with Crippen molar-refractivity contribution in [3.63, 3.8) is 0 Å². The van der Waals surface area contributed by atoms with Gasteiger partial charge >= 0.3 is 0 Å². The molecule has 0 radical (unpaired) electrons. The molecule has 0 fully saturated rings. The Hall–Kier alpha value is -5.05. The Kier molecular flexibility index (Phi) is 8.63. The van der Waals surface area contributed by atoms with Crippen molar-refractivity contribution in [3.05, 3.63) is 119 Å². The molecule has 9 heteroatoms. The maximum Gasteiger partial charge on any atom is 0.287 e. The Bertz CT molecular complexity index is 1460. The van der Waals surface area contributed by atoms with Crippen LogP contribution < -0.4 is 16.4 Å². The van der Waals surface area contributed by atoms with Crippen molar-refractivity contribution in [1.29, 1.82) is 0 Å². The Morgan fingerprint density at radius 2 is 1.46 bits per heavy atom. The highest BCUT2D eigenvalue weighted by Crippen LogP contribution is 2.15. The second-order valence-corrected chi connectivity index (χ2v) is 9.13. The van der Waals surface area contributed by atoms with Crippen LogP contribution in [0.4, 0.5) is 0 Å². The summed E-state index contributed by atoms with van der Waals surface area (Å²) in [7, 11) is 0. The molecular weight excluding hydrogens is 494 g/mol. The fourth-order valence-corrected chi connectivity index (χ4v) is 4.12. The first-order valence-electron chi connectivity index (χ1n) is 12.4. The predicted molar refractivity (Wildman–Crippen MR) is 146 cm³/mol. The van der Waals surface area contributed by atoms with E-state index in [4.69, 9.17) is 5.73 Å². The van der Waals surface area contributed by atoms with Gasteiger partial charge in [-0.15, -0.1) is 0 Å². The molecule has 1 unspecified atom stereocenters. The molecule has 3 aromatic carbocycles. The van der Waals surface area contributed by atoms with Crippen molar-refractivity contribution in [2.45, 2.75) is 32.4 Å². The van der Waals surface area contributed by atoms with E-state index in [2.05, 4.69) is 15.7 Å². The minimum Gasteiger partial charge on any atom is -0.363 e. The summed E-state index contributed by atoms with van der Waals surface area (Å²) in [4.78, 5) is 49.6. The lowest BCUT2D eigenvalue weighted by atomic mass is 10.0. The van der Waals surface area contributed by atoms with E-state index in [-0.39, 0.29) is 18.0 Å². The average molecular weight is 524 g/mol. The summed E-state index contributed by atoms with van der Waals surface area (Å²) in [5.74, 6) is -2.65. The van der Waals surface area contributed by atoms with Crippen molar-refractivity contribution in [1.82, 2.24) is 20.4 Å². The van der Waals surface area contributed by atoms with E-state index in [1.165, 1.54) is 4.68 Å². The van der Waals surface area contributed by atoms with Gasteiger partial charge in [0.15, 0.2) is 0 Å². The van der Waals surface area contributed by atoms with Crippen molar-refractivity contribution in [2.75, 3.05) is 0 Å². The molecule has 4 aromatic rings. The van der Waals surface area contributed by atoms with E-state index in [0.717, 1.165) is 16.7 Å². The lowest BCUT2D eigenvalue weighted by Crippen LogP contribution is -2.47. The summed E-state index contributed by atoms with van der Waals surface area (Å²) in [6.07, 6.45) is 0.416. The number of carbonyl (C=O) groups excluding carboxylic acids is 4. The van der Waals surface area contributed by atoms with Crippen molar-refractivity contribution < 1.29 is 19.2 Å². The third kappa shape index (κ3) is 7.26. The Morgan fingerprint density at radius 1 is 0.846 bits per heavy atom. The van der Waals surface area contributed by atoms with Crippen molar-refractivity contribution >= 4 is 23.5 Å². The summed E-state index contributed by atoms with van der Waals surface area (Å²) in [5, 5.41) is 9.99. The first-order chi connectivity index (χ1) is 18.8. The molecule has 9 nitrogen and oxygen atoms in total. The van der Waals surface area contributed by atoms with Crippen LogP contribution >= 0.6 is 0 Å². The van der Waals surface area contributed by atoms with Gasteiger partial charge in [-0.3, -0.25) is 19.2 Å². The fourth-order valence-electron chi connectivity index (χ4n) is 4.12. The average Bonchev–Trinajstić information content (AvgIpc) is 3.34. The fraction of sp³-hybridized carbons (Fsp3) is 0.167. The van der Waals surface area contributed by atoms with Crippen LogP contribution in [0.5, 0.6) is 0 Å². The molecule has 1 heterocycles. The largest absolute Gasteiger partial charge is 0.363 e. The molecule has 0 aliphatic heterocycles.